The highest BCUT2D eigenvalue weighted by Gasteiger charge is 2.16. The van der Waals surface area contributed by atoms with E-state index in [1.165, 1.54) is 63.5 Å². The molecule has 0 aromatic heterocycles. The molecule has 0 aliphatic carbocycles. The van der Waals surface area contributed by atoms with E-state index in [1.807, 2.05) is 0 Å². The Morgan fingerprint density at radius 3 is 1.33 bits per heavy atom. The number of hydrogen-bond donors (Lipinski definition) is 0. The molecule has 1 aromatic rings. The predicted octanol–water partition coefficient (Wildman–Crippen LogP) is 2.06. The minimum atomic E-state index is 1.02. The van der Waals surface area contributed by atoms with Crippen LogP contribution < -0.4 is 9.47 Å². The van der Waals surface area contributed by atoms with Gasteiger partial charge in [-0.3, -0.25) is 0 Å². The molecule has 2 aliphatic heterocycles. The van der Waals surface area contributed by atoms with Crippen molar-refractivity contribution in [3.8, 4) is 11.5 Å². The van der Waals surface area contributed by atoms with Crippen LogP contribution in [0, 0.1) is 0 Å². The highest BCUT2D eigenvalue weighted by Crippen LogP contribution is 2.31. The van der Waals surface area contributed by atoms with Crippen molar-refractivity contribution in [2.45, 2.75) is 25.7 Å². The molecular formula is C24H42N4O2. The second-order valence-electron chi connectivity index (χ2n) is 8.97. The lowest BCUT2D eigenvalue weighted by Gasteiger charge is -2.32. The first-order valence-electron chi connectivity index (χ1n) is 11.6. The van der Waals surface area contributed by atoms with Crippen molar-refractivity contribution in [2.75, 3.05) is 93.8 Å². The van der Waals surface area contributed by atoms with Crippen LogP contribution >= 0.6 is 0 Å². The fraction of sp³-hybridized carbons (Fsp3) is 0.750. The number of likely N-dealkylation sites (N-methyl/N-ethyl adjacent to an activating group) is 2. The van der Waals surface area contributed by atoms with E-state index < -0.39 is 0 Å². The topological polar surface area (TPSA) is 31.4 Å². The van der Waals surface area contributed by atoms with Gasteiger partial charge in [0.1, 0.15) is 11.5 Å². The number of aryl methyl sites for hydroxylation is 2. The molecule has 1 aromatic carbocycles. The molecule has 2 aliphatic rings. The first-order chi connectivity index (χ1) is 14.6. The van der Waals surface area contributed by atoms with E-state index in [4.69, 9.17) is 9.47 Å². The van der Waals surface area contributed by atoms with Gasteiger partial charge in [-0.05, 0) is 76.1 Å². The molecule has 0 spiro atoms. The molecule has 0 radical (unpaired) electrons. The fourth-order valence-electron chi connectivity index (χ4n) is 4.54. The van der Waals surface area contributed by atoms with Gasteiger partial charge in [0.15, 0.2) is 0 Å². The standard InChI is InChI=1S/C24H42N4O2/c1-25-11-15-27(16-12-25)9-5-7-21-19-24(30-4)22(20-23(21)29-3)8-6-10-28-17-13-26(2)14-18-28/h19-20H,5-18H2,1-4H3. The van der Waals surface area contributed by atoms with Crippen molar-refractivity contribution in [2.24, 2.45) is 0 Å². The lowest BCUT2D eigenvalue weighted by atomic mass is 10.0. The average molecular weight is 419 g/mol. The summed E-state index contributed by atoms with van der Waals surface area (Å²) in [6.45, 7) is 11.8. The SMILES string of the molecule is COc1cc(CCCN2CCN(C)CC2)c(OC)cc1CCCN1CCN(C)CC1. The Morgan fingerprint density at radius 2 is 1.00 bits per heavy atom. The first-order valence-corrected chi connectivity index (χ1v) is 11.6. The third-order valence-corrected chi connectivity index (χ3v) is 6.72. The van der Waals surface area contributed by atoms with Crippen LogP contribution in [0.25, 0.3) is 0 Å². The van der Waals surface area contributed by atoms with E-state index in [2.05, 4.69) is 45.8 Å². The van der Waals surface area contributed by atoms with Gasteiger partial charge >= 0.3 is 0 Å². The summed E-state index contributed by atoms with van der Waals surface area (Å²) in [5.41, 5.74) is 2.54. The van der Waals surface area contributed by atoms with E-state index in [1.54, 1.807) is 14.2 Å². The Morgan fingerprint density at radius 1 is 0.633 bits per heavy atom. The van der Waals surface area contributed by atoms with Crippen LogP contribution in [0.4, 0.5) is 0 Å². The molecule has 0 bridgehead atoms. The van der Waals surface area contributed by atoms with E-state index >= 15 is 0 Å². The van der Waals surface area contributed by atoms with Gasteiger partial charge in [-0.25, -0.2) is 0 Å². The van der Waals surface area contributed by atoms with E-state index in [0.717, 1.165) is 50.3 Å². The van der Waals surface area contributed by atoms with Gasteiger partial charge in [0.05, 0.1) is 14.2 Å². The van der Waals surface area contributed by atoms with Crippen molar-refractivity contribution in [3.05, 3.63) is 23.3 Å². The minimum Gasteiger partial charge on any atom is -0.496 e. The maximum absolute atomic E-state index is 5.76. The van der Waals surface area contributed by atoms with E-state index in [0.29, 0.717) is 0 Å². The smallest absolute Gasteiger partial charge is 0.122 e. The lowest BCUT2D eigenvalue weighted by molar-refractivity contribution is 0.153. The van der Waals surface area contributed by atoms with Crippen molar-refractivity contribution in [3.63, 3.8) is 0 Å². The zero-order chi connectivity index (χ0) is 21.3. The van der Waals surface area contributed by atoms with Gasteiger partial charge in [-0.15, -0.1) is 0 Å². The molecule has 0 unspecified atom stereocenters. The molecular weight excluding hydrogens is 376 g/mol. The lowest BCUT2D eigenvalue weighted by Crippen LogP contribution is -2.44. The second kappa shape index (κ2) is 11.9. The summed E-state index contributed by atoms with van der Waals surface area (Å²) >= 11 is 0. The molecule has 3 rings (SSSR count). The Labute approximate surface area is 183 Å². The Kier molecular flexibility index (Phi) is 9.25. The van der Waals surface area contributed by atoms with Gasteiger partial charge in [-0.1, -0.05) is 0 Å². The van der Waals surface area contributed by atoms with Crippen molar-refractivity contribution < 1.29 is 9.47 Å². The third-order valence-electron chi connectivity index (χ3n) is 6.72. The van der Waals surface area contributed by atoms with Crippen LogP contribution in [0.3, 0.4) is 0 Å². The largest absolute Gasteiger partial charge is 0.496 e. The number of piperazine rings is 2. The Bertz CT molecular complexity index is 583. The van der Waals surface area contributed by atoms with Gasteiger partial charge in [0.2, 0.25) is 0 Å². The maximum Gasteiger partial charge on any atom is 0.122 e. The molecule has 2 saturated heterocycles. The Hall–Kier alpha value is -1.34. The van der Waals surface area contributed by atoms with Crippen LogP contribution in [0.5, 0.6) is 11.5 Å². The molecule has 0 N–H and O–H groups in total. The zero-order valence-corrected chi connectivity index (χ0v) is 19.7. The van der Waals surface area contributed by atoms with Gasteiger partial charge < -0.3 is 29.1 Å². The van der Waals surface area contributed by atoms with Gasteiger partial charge in [-0.2, -0.15) is 0 Å². The first kappa shape index (κ1) is 23.3. The van der Waals surface area contributed by atoms with Crippen molar-refractivity contribution >= 4 is 0 Å². The normalized spacial score (nSPS) is 19.9. The number of hydrogen-bond acceptors (Lipinski definition) is 6. The number of benzene rings is 1. The highest BCUT2D eigenvalue weighted by molar-refractivity contribution is 5.46. The number of rotatable bonds is 10. The van der Waals surface area contributed by atoms with Crippen molar-refractivity contribution in [1.82, 2.24) is 19.6 Å². The fourth-order valence-corrected chi connectivity index (χ4v) is 4.54. The van der Waals surface area contributed by atoms with Crippen LogP contribution in [0.2, 0.25) is 0 Å². The summed E-state index contributed by atoms with van der Waals surface area (Å²) in [6.07, 6.45) is 4.39. The maximum atomic E-state index is 5.76. The molecule has 6 heteroatoms. The molecule has 6 nitrogen and oxygen atoms in total. The highest BCUT2D eigenvalue weighted by atomic mass is 16.5. The summed E-state index contributed by atoms with van der Waals surface area (Å²) in [5, 5.41) is 0. The Balaban J connectivity index is 1.51. The van der Waals surface area contributed by atoms with Crippen LogP contribution in [-0.4, -0.2) is 113 Å². The molecule has 2 heterocycles. The van der Waals surface area contributed by atoms with Crippen LogP contribution in [0.15, 0.2) is 12.1 Å². The number of nitrogens with zero attached hydrogens (tertiary/aromatic N) is 4. The molecule has 2 fully saturated rings. The van der Waals surface area contributed by atoms with Crippen LogP contribution in [0.1, 0.15) is 24.0 Å². The predicted molar refractivity (Wildman–Crippen MR) is 124 cm³/mol. The summed E-state index contributed by atoms with van der Waals surface area (Å²) in [4.78, 5) is 9.98. The summed E-state index contributed by atoms with van der Waals surface area (Å²) < 4.78 is 11.5. The zero-order valence-electron chi connectivity index (χ0n) is 19.7. The minimum absolute atomic E-state index is 1.02. The average Bonchev–Trinajstić information content (AvgIpc) is 2.76. The van der Waals surface area contributed by atoms with Gasteiger partial charge in [0, 0.05) is 52.4 Å². The summed E-state index contributed by atoms with van der Waals surface area (Å²) in [6, 6.07) is 4.43. The third kappa shape index (κ3) is 6.84. The quantitative estimate of drug-likeness (QED) is 0.578. The molecule has 0 saturated carbocycles. The molecule has 30 heavy (non-hydrogen) atoms. The summed E-state index contributed by atoms with van der Waals surface area (Å²) in [7, 11) is 8.00. The molecule has 170 valence electrons. The number of ether oxygens (including phenoxy) is 2. The monoisotopic (exact) mass is 418 g/mol. The van der Waals surface area contributed by atoms with E-state index in [9.17, 15) is 0 Å². The van der Waals surface area contributed by atoms with E-state index in [-0.39, 0.29) is 0 Å². The van der Waals surface area contributed by atoms with Crippen molar-refractivity contribution in [1.29, 1.82) is 0 Å². The second-order valence-corrected chi connectivity index (χ2v) is 8.97. The number of methoxy groups -OCH3 is 2. The molecule has 0 atom stereocenters. The molecule has 0 amide bonds. The van der Waals surface area contributed by atoms with Gasteiger partial charge in [0.25, 0.3) is 0 Å². The van der Waals surface area contributed by atoms with Crippen LogP contribution in [-0.2, 0) is 12.8 Å². The summed E-state index contributed by atoms with van der Waals surface area (Å²) in [5.74, 6) is 2.03.